The van der Waals surface area contributed by atoms with Gasteiger partial charge in [-0.15, -0.1) is 0 Å². The molecule has 90 valence electrons. The van der Waals surface area contributed by atoms with Crippen LogP contribution in [0.25, 0.3) is 0 Å². The first-order valence-electron chi connectivity index (χ1n) is 6.23. The van der Waals surface area contributed by atoms with Crippen molar-refractivity contribution in [1.82, 2.24) is 9.80 Å². The van der Waals surface area contributed by atoms with E-state index in [0.717, 1.165) is 25.9 Å². The number of rotatable bonds is 1. The first-order chi connectivity index (χ1) is 7.68. The zero-order valence-corrected chi connectivity index (χ0v) is 9.95. The summed E-state index contributed by atoms with van der Waals surface area (Å²) < 4.78 is 0. The van der Waals surface area contributed by atoms with Crippen molar-refractivity contribution in [3.05, 3.63) is 0 Å². The minimum absolute atomic E-state index is 0.118. The Morgan fingerprint density at radius 1 is 0.938 bits per heavy atom. The lowest BCUT2D eigenvalue weighted by Crippen LogP contribution is -2.51. The molecule has 2 rings (SSSR count). The summed E-state index contributed by atoms with van der Waals surface area (Å²) in [6, 6.07) is 0. The Bertz CT molecular complexity index is 277. The Labute approximate surface area is 96.6 Å². The van der Waals surface area contributed by atoms with Crippen molar-refractivity contribution in [2.45, 2.75) is 32.6 Å². The van der Waals surface area contributed by atoms with E-state index in [1.807, 2.05) is 9.80 Å². The lowest BCUT2D eigenvalue weighted by Gasteiger charge is -2.35. The lowest BCUT2D eigenvalue weighted by molar-refractivity contribution is -0.141. The quantitative estimate of drug-likeness (QED) is 0.663. The third-order valence-corrected chi connectivity index (χ3v) is 3.74. The van der Waals surface area contributed by atoms with Gasteiger partial charge in [-0.25, -0.2) is 0 Å². The van der Waals surface area contributed by atoms with Gasteiger partial charge in [-0.05, 0) is 12.8 Å². The van der Waals surface area contributed by atoms with Crippen molar-refractivity contribution in [3.8, 4) is 0 Å². The summed E-state index contributed by atoms with van der Waals surface area (Å²) in [4.78, 5) is 27.0. The average Bonchev–Trinajstić information content (AvgIpc) is 2.81. The van der Waals surface area contributed by atoms with Gasteiger partial charge in [0.25, 0.3) is 0 Å². The second-order valence-electron chi connectivity index (χ2n) is 4.81. The second-order valence-corrected chi connectivity index (χ2v) is 4.81. The van der Waals surface area contributed by atoms with Gasteiger partial charge in [0.15, 0.2) is 0 Å². The summed E-state index contributed by atoms with van der Waals surface area (Å²) >= 11 is 0. The number of carbonyl (C=O) groups excluding carboxylic acids is 2. The molecule has 2 fully saturated rings. The summed E-state index contributed by atoms with van der Waals surface area (Å²) in [5.41, 5.74) is 0. The smallest absolute Gasteiger partial charge is 0.225 e. The number of hydrogen-bond donors (Lipinski definition) is 0. The predicted octanol–water partition coefficient (Wildman–Crippen LogP) is 0.867. The Balaban J connectivity index is 1.84. The van der Waals surface area contributed by atoms with Crippen LogP contribution in [0.3, 0.4) is 0 Å². The summed E-state index contributed by atoms with van der Waals surface area (Å²) in [5.74, 6) is 0.706. The van der Waals surface area contributed by atoms with E-state index in [1.165, 1.54) is 12.8 Å². The van der Waals surface area contributed by atoms with Crippen molar-refractivity contribution in [1.29, 1.82) is 0 Å². The van der Waals surface area contributed by atoms with E-state index in [2.05, 4.69) is 0 Å². The van der Waals surface area contributed by atoms with Crippen LogP contribution in [0.5, 0.6) is 0 Å². The average molecular weight is 224 g/mol. The van der Waals surface area contributed by atoms with E-state index in [9.17, 15) is 9.59 Å². The fourth-order valence-corrected chi connectivity index (χ4v) is 2.67. The van der Waals surface area contributed by atoms with Crippen LogP contribution in [0.4, 0.5) is 0 Å². The Morgan fingerprint density at radius 3 is 1.94 bits per heavy atom. The van der Waals surface area contributed by atoms with E-state index in [4.69, 9.17) is 0 Å². The summed E-state index contributed by atoms with van der Waals surface area (Å²) in [7, 11) is 0. The molecule has 1 saturated carbocycles. The normalized spacial score (nSPS) is 22.6. The molecule has 0 atom stereocenters. The van der Waals surface area contributed by atoms with Gasteiger partial charge in [-0.3, -0.25) is 9.59 Å². The van der Waals surface area contributed by atoms with Gasteiger partial charge in [0.05, 0.1) is 0 Å². The second kappa shape index (κ2) is 4.85. The molecule has 4 heteroatoms. The molecule has 0 N–H and O–H groups in total. The third-order valence-electron chi connectivity index (χ3n) is 3.74. The molecule has 0 aromatic carbocycles. The molecule has 2 aliphatic rings. The van der Waals surface area contributed by atoms with Crippen molar-refractivity contribution >= 4 is 11.8 Å². The summed E-state index contributed by atoms with van der Waals surface area (Å²) in [6.45, 7) is 4.43. The van der Waals surface area contributed by atoms with Crippen LogP contribution in [0.2, 0.25) is 0 Å². The van der Waals surface area contributed by atoms with Crippen LogP contribution in [0.1, 0.15) is 32.6 Å². The Kier molecular flexibility index (Phi) is 3.46. The maximum absolute atomic E-state index is 12.1. The fraction of sp³-hybridized carbons (Fsp3) is 0.833. The molecular formula is C12H20N2O2. The monoisotopic (exact) mass is 224 g/mol. The zero-order valence-electron chi connectivity index (χ0n) is 9.95. The van der Waals surface area contributed by atoms with Gasteiger partial charge in [-0.1, -0.05) is 12.8 Å². The van der Waals surface area contributed by atoms with Gasteiger partial charge in [0.2, 0.25) is 11.8 Å². The van der Waals surface area contributed by atoms with Gasteiger partial charge in [0.1, 0.15) is 0 Å². The first kappa shape index (κ1) is 11.4. The largest absolute Gasteiger partial charge is 0.339 e. The number of piperazine rings is 1. The highest BCUT2D eigenvalue weighted by Gasteiger charge is 2.29. The number of carbonyl (C=O) groups is 2. The molecule has 0 spiro atoms. The van der Waals surface area contributed by atoms with Gasteiger partial charge < -0.3 is 9.80 Å². The van der Waals surface area contributed by atoms with Crippen LogP contribution < -0.4 is 0 Å². The number of amides is 2. The van der Waals surface area contributed by atoms with Crippen molar-refractivity contribution in [3.63, 3.8) is 0 Å². The van der Waals surface area contributed by atoms with Crippen molar-refractivity contribution in [2.24, 2.45) is 5.92 Å². The lowest BCUT2D eigenvalue weighted by atomic mass is 10.1. The number of hydrogen-bond acceptors (Lipinski definition) is 2. The zero-order chi connectivity index (χ0) is 11.5. The van der Waals surface area contributed by atoms with Crippen LogP contribution in [-0.4, -0.2) is 47.8 Å². The maximum atomic E-state index is 12.1. The molecule has 4 nitrogen and oxygen atoms in total. The first-order valence-corrected chi connectivity index (χ1v) is 6.23. The molecule has 16 heavy (non-hydrogen) atoms. The maximum Gasteiger partial charge on any atom is 0.225 e. The van der Waals surface area contributed by atoms with E-state index >= 15 is 0 Å². The Hall–Kier alpha value is -1.06. The molecule has 0 radical (unpaired) electrons. The Morgan fingerprint density at radius 2 is 1.44 bits per heavy atom. The van der Waals surface area contributed by atoms with Crippen molar-refractivity contribution < 1.29 is 9.59 Å². The molecule has 1 aliphatic heterocycles. The molecule has 0 bridgehead atoms. The SMILES string of the molecule is CC(=O)N1CCN(C(=O)C2CCCC2)CC1. The van der Waals surface area contributed by atoms with Crippen LogP contribution in [0.15, 0.2) is 0 Å². The highest BCUT2D eigenvalue weighted by Crippen LogP contribution is 2.26. The third kappa shape index (κ3) is 2.36. The van der Waals surface area contributed by atoms with Gasteiger partial charge in [-0.2, -0.15) is 0 Å². The summed E-state index contributed by atoms with van der Waals surface area (Å²) in [6.07, 6.45) is 4.52. The summed E-state index contributed by atoms with van der Waals surface area (Å²) in [5, 5.41) is 0. The van der Waals surface area contributed by atoms with Crippen molar-refractivity contribution in [2.75, 3.05) is 26.2 Å². The minimum atomic E-state index is 0.118. The highest BCUT2D eigenvalue weighted by atomic mass is 16.2. The topological polar surface area (TPSA) is 40.6 Å². The standard InChI is InChI=1S/C12H20N2O2/c1-10(15)13-6-8-14(9-7-13)12(16)11-4-2-3-5-11/h11H,2-9H2,1H3. The van der Waals surface area contributed by atoms with E-state index in [0.29, 0.717) is 19.0 Å². The van der Waals surface area contributed by atoms with Crippen LogP contribution in [-0.2, 0) is 9.59 Å². The van der Waals surface area contributed by atoms with Gasteiger partial charge >= 0.3 is 0 Å². The van der Waals surface area contributed by atoms with E-state index < -0.39 is 0 Å². The fourth-order valence-electron chi connectivity index (χ4n) is 2.67. The number of nitrogens with zero attached hydrogens (tertiary/aromatic N) is 2. The molecule has 0 aromatic rings. The van der Waals surface area contributed by atoms with E-state index in [1.54, 1.807) is 6.92 Å². The predicted molar refractivity (Wildman–Crippen MR) is 60.8 cm³/mol. The molecular weight excluding hydrogens is 204 g/mol. The molecule has 2 amide bonds. The molecule has 1 heterocycles. The van der Waals surface area contributed by atoms with Gasteiger partial charge in [0, 0.05) is 39.0 Å². The molecule has 1 aliphatic carbocycles. The van der Waals surface area contributed by atoms with Crippen LogP contribution >= 0.6 is 0 Å². The minimum Gasteiger partial charge on any atom is -0.339 e. The van der Waals surface area contributed by atoms with Crippen LogP contribution in [0, 0.1) is 5.92 Å². The molecule has 0 aromatic heterocycles. The highest BCUT2D eigenvalue weighted by molar-refractivity contribution is 5.79. The molecule has 1 saturated heterocycles. The molecule has 0 unspecified atom stereocenters. The van der Waals surface area contributed by atoms with E-state index in [-0.39, 0.29) is 11.8 Å².